The van der Waals surface area contributed by atoms with E-state index in [2.05, 4.69) is 9.97 Å². The summed E-state index contributed by atoms with van der Waals surface area (Å²) < 4.78 is 1.90. The van der Waals surface area contributed by atoms with Gasteiger partial charge in [-0.3, -0.25) is 4.79 Å². The number of nitrogens with one attached hydrogen (secondary N) is 1. The number of H-pyrrole nitrogens is 1. The minimum atomic E-state index is -0.449. The first-order chi connectivity index (χ1) is 10.2. The average Bonchev–Trinajstić information content (AvgIpc) is 2.95. The second-order valence-corrected chi connectivity index (χ2v) is 5.07. The predicted octanol–water partition coefficient (Wildman–Crippen LogP) is 2.22. The van der Waals surface area contributed by atoms with E-state index in [0.717, 1.165) is 5.56 Å². The summed E-state index contributed by atoms with van der Waals surface area (Å²) in [4.78, 5) is 19.3. The van der Waals surface area contributed by atoms with Crippen molar-refractivity contribution in [1.29, 1.82) is 0 Å². The number of aromatic nitrogens is 3. The van der Waals surface area contributed by atoms with Crippen LogP contribution in [-0.4, -0.2) is 19.6 Å². The van der Waals surface area contributed by atoms with E-state index in [9.17, 15) is 9.90 Å². The summed E-state index contributed by atoms with van der Waals surface area (Å²) in [7, 11) is 0. The highest BCUT2D eigenvalue weighted by Gasteiger charge is 2.08. The normalized spacial score (nSPS) is 12.7. The first-order valence-corrected chi connectivity index (χ1v) is 6.99. The quantitative estimate of drug-likeness (QED) is 0.771. The monoisotopic (exact) mass is 283 g/mol. The molecule has 3 rings (SSSR count). The molecule has 21 heavy (non-hydrogen) atoms. The van der Waals surface area contributed by atoms with Crippen molar-refractivity contribution in [3.63, 3.8) is 0 Å². The number of hydrogen-bond donors (Lipinski definition) is 2. The fourth-order valence-corrected chi connectivity index (χ4v) is 2.37. The lowest BCUT2D eigenvalue weighted by Gasteiger charge is -2.06. The van der Waals surface area contributed by atoms with Crippen LogP contribution in [-0.2, 0) is 6.54 Å². The van der Waals surface area contributed by atoms with Gasteiger partial charge < -0.3 is 14.7 Å². The molecule has 0 saturated carbocycles. The van der Waals surface area contributed by atoms with Crippen molar-refractivity contribution in [3.05, 3.63) is 64.5 Å². The number of rotatable bonds is 4. The molecule has 0 amide bonds. The Hall–Kier alpha value is -2.40. The lowest BCUT2D eigenvalue weighted by atomic mass is 10.1. The molecule has 3 aromatic rings. The largest absolute Gasteiger partial charge is 0.388 e. The molecular weight excluding hydrogens is 266 g/mol. The molecule has 1 atom stereocenters. The SMILES string of the molecule is CCC(O)c1ccn(Cc2nc3ccccc3c(=O)[nH]2)c1. The number of para-hydroxylation sites is 1. The molecule has 0 bridgehead atoms. The van der Waals surface area contributed by atoms with Crippen LogP contribution >= 0.6 is 0 Å². The van der Waals surface area contributed by atoms with Gasteiger partial charge in [0.25, 0.3) is 5.56 Å². The summed E-state index contributed by atoms with van der Waals surface area (Å²) in [6.07, 6.45) is 3.98. The number of nitrogens with zero attached hydrogens (tertiary/aromatic N) is 2. The Kier molecular flexibility index (Phi) is 3.58. The number of aliphatic hydroxyl groups is 1. The molecule has 0 aliphatic carbocycles. The fraction of sp³-hybridized carbons (Fsp3) is 0.250. The molecule has 2 aromatic heterocycles. The second-order valence-electron chi connectivity index (χ2n) is 5.07. The summed E-state index contributed by atoms with van der Waals surface area (Å²) >= 11 is 0. The predicted molar refractivity (Wildman–Crippen MR) is 81.1 cm³/mol. The van der Waals surface area contributed by atoms with E-state index in [1.807, 2.05) is 48.1 Å². The van der Waals surface area contributed by atoms with E-state index >= 15 is 0 Å². The summed E-state index contributed by atoms with van der Waals surface area (Å²) in [6.45, 7) is 2.40. The lowest BCUT2D eigenvalue weighted by Crippen LogP contribution is -2.13. The van der Waals surface area contributed by atoms with Crippen LogP contribution in [0.25, 0.3) is 10.9 Å². The number of aromatic amines is 1. The van der Waals surface area contributed by atoms with E-state index in [0.29, 0.717) is 29.7 Å². The van der Waals surface area contributed by atoms with E-state index in [-0.39, 0.29) is 5.56 Å². The average molecular weight is 283 g/mol. The summed E-state index contributed by atoms with van der Waals surface area (Å²) in [5.74, 6) is 0.604. The maximum Gasteiger partial charge on any atom is 0.258 e. The van der Waals surface area contributed by atoms with E-state index in [1.54, 1.807) is 6.07 Å². The van der Waals surface area contributed by atoms with Crippen LogP contribution in [0.4, 0.5) is 0 Å². The van der Waals surface area contributed by atoms with E-state index in [1.165, 1.54) is 0 Å². The molecule has 0 saturated heterocycles. The van der Waals surface area contributed by atoms with Gasteiger partial charge in [-0.25, -0.2) is 4.98 Å². The highest BCUT2D eigenvalue weighted by molar-refractivity contribution is 5.77. The van der Waals surface area contributed by atoms with Gasteiger partial charge in [0, 0.05) is 12.4 Å². The van der Waals surface area contributed by atoms with Crippen LogP contribution in [0.15, 0.2) is 47.5 Å². The lowest BCUT2D eigenvalue weighted by molar-refractivity contribution is 0.173. The number of fused-ring (bicyclic) bond motifs is 1. The summed E-state index contributed by atoms with van der Waals surface area (Å²) in [6, 6.07) is 9.16. The van der Waals surface area contributed by atoms with Crippen molar-refractivity contribution in [2.45, 2.75) is 26.0 Å². The summed E-state index contributed by atoms with van der Waals surface area (Å²) in [5, 5.41) is 10.4. The number of hydrogen-bond acceptors (Lipinski definition) is 3. The van der Waals surface area contributed by atoms with Crippen molar-refractivity contribution in [3.8, 4) is 0 Å². The molecule has 108 valence electrons. The number of benzene rings is 1. The van der Waals surface area contributed by atoms with Crippen LogP contribution in [0.2, 0.25) is 0 Å². The molecule has 0 radical (unpaired) electrons. The fourth-order valence-electron chi connectivity index (χ4n) is 2.37. The number of aliphatic hydroxyl groups excluding tert-OH is 1. The Morgan fingerprint density at radius 2 is 2.14 bits per heavy atom. The first kappa shape index (κ1) is 13.6. The molecule has 1 aromatic carbocycles. The van der Waals surface area contributed by atoms with Crippen molar-refractivity contribution in [1.82, 2.24) is 14.5 Å². The zero-order valence-corrected chi connectivity index (χ0v) is 11.8. The van der Waals surface area contributed by atoms with Gasteiger partial charge in [-0.05, 0) is 30.2 Å². The third-order valence-corrected chi connectivity index (χ3v) is 3.54. The van der Waals surface area contributed by atoms with Gasteiger partial charge in [-0.15, -0.1) is 0 Å². The van der Waals surface area contributed by atoms with E-state index < -0.39 is 6.10 Å². The van der Waals surface area contributed by atoms with Gasteiger partial charge in [0.05, 0.1) is 23.6 Å². The smallest absolute Gasteiger partial charge is 0.258 e. The van der Waals surface area contributed by atoms with Crippen molar-refractivity contribution < 1.29 is 5.11 Å². The maximum atomic E-state index is 12.0. The maximum absolute atomic E-state index is 12.0. The van der Waals surface area contributed by atoms with Crippen LogP contribution in [0.3, 0.4) is 0 Å². The van der Waals surface area contributed by atoms with Crippen LogP contribution in [0.5, 0.6) is 0 Å². The van der Waals surface area contributed by atoms with E-state index in [4.69, 9.17) is 0 Å². The molecule has 1 unspecified atom stereocenters. The molecule has 2 heterocycles. The summed E-state index contributed by atoms with van der Waals surface area (Å²) in [5.41, 5.74) is 1.44. The zero-order chi connectivity index (χ0) is 14.8. The topological polar surface area (TPSA) is 70.9 Å². The second kappa shape index (κ2) is 5.54. The Morgan fingerprint density at radius 1 is 1.33 bits per heavy atom. The van der Waals surface area contributed by atoms with Gasteiger partial charge >= 0.3 is 0 Å². The van der Waals surface area contributed by atoms with Crippen molar-refractivity contribution in [2.24, 2.45) is 0 Å². The van der Waals surface area contributed by atoms with Crippen molar-refractivity contribution in [2.75, 3.05) is 0 Å². The molecule has 0 fully saturated rings. The minimum absolute atomic E-state index is 0.128. The van der Waals surface area contributed by atoms with Crippen LogP contribution < -0.4 is 5.56 Å². The third-order valence-electron chi connectivity index (χ3n) is 3.54. The van der Waals surface area contributed by atoms with Crippen LogP contribution in [0, 0.1) is 0 Å². The Bertz CT molecular complexity index is 820. The van der Waals surface area contributed by atoms with Crippen molar-refractivity contribution >= 4 is 10.9 Å². The highest BCUT2D eigenvalue weighted by Crippen LogP contribution is 2.16. The zero-order valence-electron chi connectivity index (χ0n) is 11.8. The van der Waals surface area contributed by atoms with Gasteiger partial charge in [-0.2, -0.15) is 0 Å². The molecule has 5 nitrogen and oxygen atoms in total. The molecule has 0 aliphatic heterocycles. The first-order valence-electron chi connectivity index (χ1n) is 6.99. The third kappa shape index (κ3) is 2.73. The van der Waals surface area contributed by atoms with Gasteiger partial charge in [-0.1, -0.05) is 19.1 Å². The van der Waals surface area contributed by atoms with Gasteiger partial charge in [0.15, 0.2) is 0 Å². The Morgan fingerprint density at radius 3 is 2.95 bits per heavy atom. The molecule has 2 N–H and O–H groups in total. The molecular formula is C16H17N3O2. The minimum Gasteiger partial charge on any atom is -0.388 e. The van der Waals surface area contributed by atoms with Gasteiger partial charge in [0.1, 0.15) is 5.82 Å². The van der Waals surface area contributed by atoms with Gasteiger partial charge in [0.2, 0.25) is 0 Å². The van der Waals surface area contributed by atoms with Crippen LogP contribution in [0.1, 0.15) is 30.8 Å². The Labute approximate surface area is 121 Å². The molecule has 5 heteroatoms. The standard InChI is InChI=1S/C16H17N3O2/c1-2-14(20)11-7-8-19(9-11)10-15-17-13-6-4-3-5-12(13)16(21)18-15/h3-9,14,20H,2,10H2,1H3,(H,17,18,21). The molecule has 0 spiro atoms. The highest BCUT2D eigenvalue weighted by atomic mass is 16.3. The Balaban J connectivity index is 1.91. The molecule has 0 aliphatic rings.